The number of aromatic nitrogens is 3. The summed E-state index contributed by atoms with van der Waals surface area (Å²) in [6, 6.07) is 11.8. The Morgan fingerprint density at radius 3 is 2.08 bits per heavy atom. The van der Waals surface area contributed by atoms with E-state index in [0.29, 0.717) is 53.3 Å². The fraction of sp³-hybridized carbons (Fsp3) is 0.509. The minimum absolute atomic E-state index is 0.0965. The number of amides is 4. The molecule has 2 bridgehead atoms. The van der Waals surface area contributed by atoms with Crippen LogP contribution in [-0.4, -0.2) is 149 Å². The molecule has 0 unspecified atom stereocenters. The van der Waals surface area contributed by atoms with E-state index in [0.717, 1.165) is 75.5 Å². The number of nitrogens with one attached hydrogen (secondary N) is 4. The topological polar surface area (TPSA) is 205 Å². The van der Waals surface area contributed by atoms with E-state index in [1.165, 1.54) is 19.2 Å². The van der Waals surface area contributed by atoms with Crippen molar-refractivity contribution < 1.29 is 64.8 Å². The van der Waals surface area contributed by atoms with Crippen molar-refractivity contribution in [2.24, 2.45) is 10.8 Å². The SMILES string of the molecule is CNC(=O)O[C@H](C(=O)NN(Cc1ccc(-c2cnn(C(F)F)c2)cc1F)C[C@H](O)[C@H](Cc1ccc(C#Cc2ccc(N3C[C@@H]4CC[C@@H](C3)N4C3COC3)nc2)cc1)NC(=O)[C@@H](NC(=O)OC)C(C)(C)C(F)(F)F)C(C)(C)C. The summed E-state index contributed by atoms with van der Waals surface area (Å²) in [6.45, 7) is 5.42. The molecule has 77 heavy (non-hydrogen) atoms. The van der Waals surface area contributed by atoms with Gasteiger partial charge in [0.2, 0.25) is 5.91 Å². The van der Waals surface area contributed by atoms with Crippen molar-refractivity contribution in [3.05, 3.63) is 101 Å². The Kier molecular flexibility index (Phi) is 18.1. The number of carbonyl (C=O) groups is 4. The summed E-state index contributed by atoms with van der Waals surface area (Å²) in [5.41, 5.74) is 0.559. The van der Waals surface area contributed by atoms with E-state index >= 15 is 4.39 Å². The molecule has 3 aliphatic heterocycles. The highest BCUT2D eigenvalue weighted by atomic mass is 19.4. The lowest BCUT2D eigenvalue weighted by molar-refractivity contribution is -0.220. The van der Waals surface area contributed by atoms with Crippen LogP contribution in [0.5, 0.6) is 0 Å². The average Bonchev–Trinajstić information content (AvgIpc) is 3.95. The number of hydrazine groups is 1. The maximum Gasteiger partial charge on any atom is 0.407 e. The molecular formula is C53H64F6N10O8. The van der Waals surface area contributed by atoms with Crippen LogP contribution in [-0.2, 0) is 36.8 Å². The molecule has 24 heteroatoms. The molecule has 5 N–H and O–H groups in total. The van der Waals surface area contributed by atoms with Gasteiger partial charge in [-0.15, -0.1) is 0 Å². The van der Waals surface area contributed by atoms with E-state index in [9.17, 15) is 46.2 Å². The van der Waals surface area contributed by atoms with Crippen LogP contribution in [0.2, 0.25) is 0 Å². The number of carbonyl (C=O) groups excluding carboxylic acids is 4. The number of anilines is 1. The van der Waals surface area contributed by atoms with Crippen molar-refractivity contribution in [1.29, 1.82) is 0 Å². The molecule has 3 aliphatic rings. The van der Waals surface area contributed by atoms with Crippen LogP contribution in [0.1, 0.15) is 76.3 Å². The molecule has 2 aromatic heterocycles. The normalized spacial score (nSPS) is 18.6. The Labute approximate surface area is 442 Å². The number of alkyl carbamates (subject to hydrolysis) is 2. The summed E-state index contributed by atoms with van der Waals surface area (Å²) < 4.78 is 102. The first-order chi connectivity index (χ1) is 36.3. The third-order valence-electron chi connectivity index (χ3n) is 14.0. The molecule has 6 atom stereocenters. The lowest BCUT2D eigenvalue weighted by Crippen LogP contribution is -2.62. The van der Waals surface area contributed by atoms with Crippen molar-refractivity contribution in [3.8, 4) is 23.0 Å². The fourth-order valence-electron chi connectivity index (χ4n) is 9.51. The molecule has 0 spiro atoms. The number of halogens is 6. The van der Waals surface area contributed by atoms with Crippen LogP contribution in [0.25, 0.3) is 11.1 Å². The number of fused-ring (bicyclic) bond motifs is 2. The van der Waals surface area contributed by atoms with E-state index in [1.807, 2.05) is 17.4 Å². The van der Waals surface area contributed by atoms with E-state index in [2.05, 4.69) is 47.5 Å². The molecule has 416 valence electrons. The molecule has 7 rings (SSSR count). The number of ether oxygens (including phenoxy) is 3. The molecular weight excluding hydrogens is 1020 g/mol. The fourth-order valence-corrected chi connectivity index (χ4v) is 9.51. The highest BCUT2D eigenvalue weighted by Gasteiger charge is 2.56. The van der Waals surface area contributed by atoms with Crippen molar-refractivity contribution in [2.45, 2.75) is 116 Å². The van der Waals surface area contributed by atoms with E-state index in [-0.39, 0.29) is 23.1 Å². The van der Waals surface area contributed by atoms with Crippen LogP contribution in [0, 0.1) is 28.5 Å². The summed E-state index contributed by atoms with van der Waals surface area (Å²) in [6.07, 6.45) is -4.76. The maximum absolute atomic E-state index is 16.0. The Bertz CT molecular complexity index is 2760. The summed E-state index contributed by atoms with van der Waals surface area (Å²) >= 11 is 0. The van der Waals surface area contributed by atoms with Gasteiger partial charge in [0.1, 0.15) is 17.7 Å². The van der Waals surface area contributed by atoms with Gasteiger partial charge in [-0.2, -0.15) is 27.1 Å². The smallest absolute Gasteiger partial charge is 0.407 e. The highest BCUT2D eigenvalue weighted by molar-refractivity contribution is 5.87. The third kappa shape index (κ3) is 14.2. The van der Waals surface area contributed by atoms with Crippen molar-refractivity contribution >= 4 is 29.8 Å². The number of nitrogens with zero attached hydrogens (tertiary/aromatic N) is 6. The standard InChI is InChI=1S/C53H64F6N10O8/c1-51(2,3)45(77-49(73)60-6)47(72)65-67(24-35-16-15-34(21-40(35)54)36-23-62-68(25-36)48(55)56)28-42(70)41(63-46(71)44(64-50(74)75-7)52(4,5)53(57,58)59)20-32-11-8-31(9-12-32)10-13-33-14-19-43(61-22-33)66-26-37-17-18-38(27-66)69(37)39-29-76-30-39/h8-9,11-12,14-16,19,21-23,25,37-39,41-42,44-45,48,70H,17-18,20,24,26-30H2,1-7H3,(H,60,73)(H,63,71)(H,64,74)(H,65,72)/t37-,38-,41-,42-,44+,45+/m0/s1. The largest absolute Gasteiger partial charge is 0.453 e. The quantitative estimate of drug-likeness (QED) is 0.0446. The molecule has 2 aromatic carbocycles. The number of rotatable bonds is 18. The lowest BCUT2D eigenvalue weighted by Gasteiger charge is -2.47. The number of benzene rings is 2. The van der Waals surface area contributed by atoms with Crippen LogP contribution in [0.15, 0.2) is 73.2 Å². The maximum atomic E-state index is 16.0. The number of alkyl halides is 5. The monoisotopic (exact) mass is 1080 g/mol. The Morgan fingerprint density at radius 2 is 1.53 bits per heavy atom. The van der Waals surface area contributed by atoms with Gasteiger partial charge in [0, 0.05) is 85.4 Å². The minimum Gasteiger partial charge on any atom is -0.453 e. The zero-order chi connectivity index (χ0) is 56.0. The first-order valence-corrected chi connectivity index (χ1v) is 25.0. The van der Waals surface area contributed by atoms with Gasteiger partial charge in [-0.3, -0.25) is 19.9 Å². The van der Waals surface area contributed by atoms with Crippen LogP contribution >= 0.6 is 0 Å². The highest BCUT2D eigenvalue weighted by Crippen LogP contribution is 2.41. The number of aliphatic hydroxyl groups excluding tert-OH is 1. The van der Waals surface area contributed by atoms with Crippen LogP contribution in [0.3, 0.4) is 0 Å². The number of pyridine rings is 1. The summed E-state index contributed by atoms with van der Waals surface area (Å²) in [4.78, 5) is 62.6. The molecule has 3 fully saturated rings. The second kappa shape index (κ2) is 24.2. The summed E-state index contributed by atoms with van der Waals surface area (Å²) in [7, 11) is 2.18. The first-order valence-electron chi connectivity index (χ1n) is 25.0. The second-order valence-corrected chi connectivity index (χ2v) is 21.0. The van der Waals surface area contributed by atoms with Crippen LogP contribution < -0.4 is 26.3 Å². The van der Waals surface area contributed by atoms with Gasteiger partial charge < -0.3 is 40.2 Å². The zero-order valence-corrected chi connectivity index (χ0v) is 43.7. The van der Waals surface area contributed by atoms with E-state index in [1.54, 1.807) is 51.2 Å². The molecule has 3 saturated heterocycles. The van der Waals surface area contributed by atoms with Gasteiger partial charge >= 0.3 is 24.9 Å². The molecule has 0 saturated carbocycles. The second-order valence-electron chi connectivity index (χ2n) is 21.0. The van der Waals surface area contributed by atoms with Crippen LogP contribution in [0.4, 0.5) is 41.7 Å². The minimum atomic E-state index is -5.05. The molecule has 5 heterocycles. The van der Waals surface area contributed by atoms with Crippen molar-refractivity contribution in [3.63, 3.8) is 0 Å². The number of methoxy groups -OCH3 is 1. The van der Waals surface area contributed by atoms with Gasteiger partial charge in [0.15, 0.2) is 6.10 Å². The summed E-state index contributed by atoms with van der Waals surface area (Å²) in [5, 5.41) is 23.5. The Hall–Kier alpha value is -6.94. The lowest BCUT2D eigenvalue weighted by atomic mass is 9.82. The van der Waals surface area contributed by atoms with Gasteiger partial charge in [-0.05, 0) is 74.6 Å². The first kappa shape index (κ1) is 57.8. The number of piperazine rings is 1. The number of aliphatic hydroxyl groups is 1. The molecule has 18 nitrogen and oxygen atoms in total. The number of hydrogen-bond donors (Lipinski definition) is 5. The Morgan fingerprint density at radius 1 is 0.870 bits per heavy atom. The Balaban J connectivity index is 1.14. The average molecular weight is 1080 g/mol. The van der Waals surface area contributed by atoms with Crippen molar-refractivity contribution in [1.82, 2.24) is 46.0 Å². The predicted octanol–water partition coefficient (Wildman–Crippen LogP) is 5.94. The molecule has 0 radical (unpaired) electrons. The molecule has 4 amide bonds. The zero-order valence-electron chi connectivity index (χ0n) is 43.7. The van der Waals surface area contributed by atoms with Crippen molar-refractivity contribution in [2.75, 3.05) is 51.9 Å². The summed E-state index contributed by atoms with van der Waals surface area (Å²) in [5.74, 6) is 3.92. The predicted molar refractivity (Wildman–Crippen MR) is 269 cm³/mol. The van der Waals surface area contributed by atoms with Gasteiger partial charge in [-0.1, -0.05) is 56.9 Å². The molecule has 0 aliphatic carbocycles. The third-order valence-corrected chi connectivity index (χ3v) is 14.0. The van der Waals surface area contributed by atoms with Gasteiger partial charge in [0.25, 0.3) is 5.91 Å². The number of hydrogen-bond acceptors (Lipinski definition) is 13. The van der Waals surface area contributed by atoms with E-state index in [4.69, 9.17) is 14.5 Å². The van der Waals surface area contributed by atoms with E-state index < -0.39 is 90.8 Å². The van der Waals surface area contributed by atoms with Gasteiger partial charge in [0.05, 0.1) is 50.1 Å². The molecule has 4 aromatic rings. The van der Waals surface area contributed by atoms with Gasteiger partial charge in [-0.25, -0.2) is 28.7 Å².